The Morgan fingerprint density at radius 2 is 2.00 bits per heavy atom. The average molecular weight is 468 g/mol. The van der Waals surface area contributed by atoms with E-state index in [4.69, 9.17) is 0 Å². The van der Waals surface area contributed by atoms with Gasteiger partial charge in [-0.05, 0) is 41.3 Å². The third-order valence-corrected chi connectivity index (χ3v) is 7.16. The Bertz CT molecular complexity index is 1520. The van der Waals surface area contributed by atoms with E-state index in [9.17, 15) is 13.5 Å². The molecular weight excluding hydrogens is 445 g/mol. The number of halogens is 1. The maximum absolute atomic E-state index is 15.5. The zero-order valence-electron chi connectivity index (χ0n) is 18.1. The summed E-state index contributed by atoms with van der Waals surface area (Å²) in [5.41, 5.74) is 4.23. The van der Waals surface area contributed by atoms with Gasteiger partial charge in [0.15, 0.2) is 11.6 Å². The highest BCUT2D eigenvalue weighted by Crippen LogP contribution is 2.35. The van der Waals surface area contributed by atoms with Gasteiger partial charge in [-0.3, -0.25) is 5.10 Å². The normalized spacial score (nSPS) is 14.8. The second-order valence-electron chi connectivity index (χ2n) is 8.05. The van der Waals surface area contributed by atoms with Crippen LogP contribution in [-0.2, 0) is 16.4 Å². The number of imidazole rings is 1. The van der Waals surface area contributed by atoms with E-state index in [2.05, 4.69) is 20.2 Å². The summed E-state index contributed by atoms with van der Waals surface area (Å²) < 4.78 is 40.4. The molecule has 0 saturated carbocycles. The Hall–Kier alpha value is -3.50. The highest BCUT2D eigenvalue weighted by atomic mass is 32.2. The van der Waals surface area contributed by atoms with Crippen molar-refractivity contribution in [1.29, 1.82) is 0 Å². The molecule has 33 heavy (non-hydrogen) atoms. The SMILES string of the molecule is CCc1cc(O)ccc1-c1ccc2c(-c3ncc(C4=CCN(S(C)(=O)=O)C4)[nH]3)[nH]nc2c1F. The minimum Gasteiger partial charge on any atom is -0.508 e. The molecule has 1 aliphatic rings. The van der Waals surface area contributed by atoms with Gasteiger partial charge in [0.05, 0.1) is 18.1 Å². The molecule has 10 heteroatoms. The van der Waals surface area contributed by atoms with E-state index in [1.54, 1.807) is 36.5 Å². The van der Waals surface area contributed by atoms with Crippen molar-refractivity contribution in [2.24, 2.45) is 0 Å². The summed E-state index contributed by atoms with van der Waals surface area (Å²) in [4.78, 5) is 7.59. The van der Waals surface area contributed by atoms with Crippen LogP contribution in [-0.4, -0.2) is 57.3 Å². The van der Waals surface area contributed by atoms with Crippen molar-refractivity contribution >= 4 is 26.5 Å². The van der Waals surface area contributed by atoms with Crippen LogP contribution in [0.15, 0.2) is 42.6 Å². The number of benzene rings is 2. The second kappa shape index (κ2) is 7.82. The predicted octanol–water partition coefficient (Wildman–Crippen LogP) is 3.69. The van der Waals surface area contributed by atoms with Crippen molar-refractivity contribution < 1.29 is 17.9 Å². The van der Waals surface area contributed by atoms with Crippen LogP contribution in [0.3, 0.4) is 0 Å². The number of nitrogens with one attached hydrogen (secondary N) is 2. The zero-order valence-corrected chi connectivity index (χ0v) is 18.9. The van der Waals surface area contributed by atoms with Crippen molar-refractivity contribution in [1.82, 2.24) is 24.5 Å². The summed E-state index contributed by atoms with van der Waals surface area (Å²) in [5, 5.41) is 17.4. The molecule has 170 valence electrons. The Morgan fingerprint density at radius 3 is 2.73 bits per heavy atom. The van der Waals surface area contributed by atoms with Gasteiger partial charge in [-0.15, -0.1) is 0 Å². The molecule has 0 amide bonds. The number of aromatic nitrogens is 4. The summed E-state index contributed by atoms with van der Waals surface area (Å²) in [6, 6.07) is 8.39. The number of phenols is 1. The van der Waals surface area contributed by atoms with E-state index in [0.717, 1.165) is 11.1 Å². The molecule has 2 aromatic carbocycles. The van der Waals surface area contributed by atoms with E-state index in [1.165, 1.54) is 10.6 Å². The fourth-order valence-corrected chi connectivity index (χ4v) is 4.88. The molecule has 0 spiro atoms. The first-order chi connectivity index (χ1) is 15.8. The van der Waals surface area contributed by atoms with Gasteiger partial charge in [-0.25, -0.2) is 17.8 Å². The van der Waals surface area contributed by atoms with E-state index >= 15 is 4.39 Å². The van der Waals surface area contributed by atoms with E-state index in [1.807, 2.05) is 13.0 Å². The summed E-state index contributed by atoms with van der Waals surface area (Å²) in [5.74, 6) is 0.173. The molecule has 0 atom stereocenters. The van der Waals surface area contributed by atoms with E-state index in [0.29, 0.717) is 46.7 Å². The first kappa shape index (κ1) is 21.4. The fraction of sp³-hybridized carbons (Fsp3) is 0.217. The highest BCUT2D eigenvalue weighted by Gasteiger charge is 2.25. The van der Waals surface area contributed by atoms with Crippen LogP contribution < -0.4 is 0 Å². The summed E-state index contributed by atoms with van der Waals surface area (Å²) in [7, 11) is -3.27. The maximum atomic E-state index is 15.5. The molecule has 4 aromatic rings. The van der Waals surface area contributed by atoms with E-state index in [-0.39, 0.29) is 17.8 Å². The zero-order chi connectivity index (χ0) is 23.3. The standard InChI is InChI=1S/C23H22FN5O3S/c1-3-13-10-15(30)4-5-16(13)17-6-7-18-21(20(17)24)27-28-22(18)23-25-11-19(26-23)14-8-9-29(12-14)33(2,31)32/h4-8,10-11,30H,3,9,12H2,1-2H3,(H,25,26)(H,27,28). The van der Waals surface area contributed by atoms with Crippen LogP contribution >= 0.6 is 0 Å². The lowest BCUT2D eigenvalue weighted by atomic mass is 9.96. The lowest BCUT2D eigenvalue weighted by Crippen LogP contribution is -2.27. The van der Waals surface area contributed by atoms with Crippen LogP contribution in [0.25, 0.3) is 39.1 Å². The summed E-state index contributed by atoms with van der Waals surface area (Å²) >= 11 is 0. The van der Waals surface area contributed by atoms with Crippen molar-refractivity contribution in [3.63, 3.8) is 0 Å². The molecule has 0 aliphatic carbocycles. The number of aromatic amines is 2. The number of aromatic hydroxyl groups is 1. The van der Waals surface area contributed by atoms with Gasteiger partial charge in [0.25, 0.3) is 0 Å². The molecule has 5 rings (SSSR count). The lowest BCUT2D eigenvalue weighted by molar-refractivity contribution is 0.474. The largest absolute Gasteiger partial charge is 0.508 e. The number of hydrogen-bond donors (Lipinski definition) is 3. The number of phenolic OH excluding ortho intramolecular Hbond substituents is 1. The fourth-order valence-electron chi connectivity index (χ4n) is 4.16. The molecule has 0 bridgehead atoms. The molecule has 0 fully saturated rings. The molecule has 1 aliphatic heterocycles. The lowest BCUT2D eigenvalue weighted by Gasteiger charge is -2.11. The third kappa shape index (κ3) is 3.70. The number of sulfonamides is 1. The molecule has 8 nitrogen and oxygen atoms in total. The van der Waals surface area contributed by atoms with Crippen molar-refractivity contribution in [2.75, 3.05) is 19.3 Å². The quantitative estimate of drug-likeness (QED) is 0.414. The van der Waals surface area contributed by atoms with Crippen LogP contribution in [0.4, 0.5) is 4.39 Å². The molecule has 0 saturated heterocycles. The smallest absolute Gasteiger partial charge is 0.211 e. The molecular formula is C23H22FN5O3S. The first-order valence-corrected chi connectivity index (χ1v) is 12.3. The number of fused-ring (bicyclic) bond motifs is 1. The molecule has 0 unspecified atom stereocenters. The Balaban J connectivity index is 1.50. The van der Waals surface area contributed by atoms with Crippen LogP contribution in [0, 0.1) is 5.82 Å². The van der Waals surface area contributed by atoms with Crippen LogP contribution in [0.1, 0.15) is 18.2 Å². The van der Waals surface area contributed by atoms with Gasteiger partial charge < -0.3 is 10.1 Å². The van der Waals surface area contributed by atoms with Gasteiger partial charge in [-0.2, -0.15) is 9.40 Å². The van der Waals surface area contributed by atoms with Gasteiger partial charge in [0.2, 0.25) is 10.0 Å². The highest BCUT2D eigenvalue weighted by molar-refractivity contribution is 7.88. The van der Waals surface area contributed by atoms with Crippen molar-refractivity contribution in [3.05, 3.63) is 59.7 Å². The maximum Gasteiger partial charge on any atom is 0.211 e. The van der Waals surface area contributed by atoms with Crippen LogP contribution in [0.5, 0.6) is 5.75 Å². The van der Waals surface area contributed by atoms with Crippen LogP contribution in [0.2, 0.25) is 0 Å². The molecule has 2 aromatic heterocycles. The van der Waals surface area contributed by atoms with Gasteiger partial charge in [0.1, 0.15) is 17.0 Å². The summed E-state index contributed by atoms with van der Waals surface area (Å²) in [6.07, 6.45) is 5.31. The van der Waals surface area contributed by atoms with Gasteiger partial charge in [0, 0.05) is 24.0 Å². The number of rotatable bonds is 5. The molecule has 0 radical (unpaired) electrons. The van der Waals surface area contributed by atoms with Crippen molar-refractivity contribution in [3.8, 4) is 28.4 Å². The topological polar surface area (TPSA) is 115 Å². The predicted molar refractivity (Wildman–Crippen MR) is 125 cm³/mol. The number of nitrogens with zero attached hydrogens (tertiary/aromatic N) is 3. The minimum absolute atomic E-state index is 0.143. The number of hydrogen-bond acceptors (Lipinski definition) is 5. The Labute approximate surface area is 189 Å². The molecule has 3 N–H and O–H groups in total. The third-order valence-electron chi connectivity index (χ3n) is 5.94. The minimum atomic E-state index is -3.27. The van der Waals surface area contributed by atoms with Gasteiger partial charge in [-0.1, -0.05) is 25.1 Å². The van der Waals surface area contributed by atoms with Crippen molar-refractivity contribution in [2.45, 2.75) is 13.3 Å². The Morgan fingerprint density at radius 1 is 1.21 bits per heavy atom. The summed E-state index contributed by atoms with van der Waals surface area (Å²) in [6.45, 7) is 2.54. The number of H-pyrrole nitrogens is 2. The Kier molecular flexibility index (Phi) is 5.06. The average Bonchev–Trinajstić information content (AvgIpc) is 3.52. The van der Waals surface area contributed by atoms with E-state index < -0.39 is 15.8 Å². The second-order valence-corrected chi connectivity index (χ2v) is 10.0. The van der Waals surface area contributed by atoms with Gasteiger partial charge >= 0.3 is 0 Å². The monoisotopic (exact) mass is 467 g/mol. The number of aryl methyl sites for hydroxylation is 1. The first-order valence-electron chi connectivity index (χ1n) is 10.4. The molecule has 3 heterocycles.